The molecule has 6 unspecified atom stereocenters. The van der Waals surface area contributed by atoms with Gasteiger partial charge in [0, 0.05) is 0 Å². The second-order valence-corrected chi connectivity index (χ2v) is 23.9. The molecule has 0 rings (SSSR count). The second-order valence-electron chi connectivity index (χ2n) is 23.9. The molecule has 0 aliphatic rings. The van der Waals surface area contributed by atoms with Crippen molar-refractivity contribution in [1.82, 2.24) is 0 Å². The summed E-state index contributed by atoms with van der Waals surface area (Å²) in [5.41, 5.74) is 39.3. The van der Waals surface area contributed by atoms with Crippen LogP contribution in [0.5, 0.6) is 0 Å². The molecule has 21 heteroatoms. The maximum absolute atomic E-state index is 11.4. The molecule has 0 aromatic heterocycles. The van der Waals surface area contributed by atoms with E-state index in [1.165, 1.54) is 0 Å². The molecule has 0 heterocycles. The van der Waals surface area contributed by atoms with E-state index in [0.29, 0.717) is 31.3 Å². The van der Waals surface area contributed by atoms with E-state index >= 15 is 0 Å². The summed E-state index contributed by atoms with van der Waals surface area (Å²) < 4.78 is 34.9. The highest BCUT2D eigenvalue weighted by atomic mass is 16.6. The summed E-state index contributed by atoms with van der Waals surface area (Å²) in [5, 5.41) is 0. The first-order valence-electron chi connectivity index (χ1n) is 31.2. The van der Waals surface area contributed by atoms with Crippen molar-refractivity contribution in [2.24, 2.45) is 81.6 Å². The third kappa shape index (κ3) is 55.9. The van der Waals surface area contributed by atoms with Crippen LogP contribution in [0, 0.1) is 41.4 Å². The third-order valence-corrected chi connectivity index (χ3v) is 12.6. The Kier molecular flexibility index (Phi) is 62.0. The number of nitrogens with two attached hydrogens (primary N) is 7. The molecule has 0 aliphatic carbocycles. The number of rotatable bonds is 29. The number of esters is 7. The molecular formula is C63H133N7O14. The highest BCUT2D eigenvalue weighted by Gasteiger charge is 2.25. The van der Waals surface area contributed by atoms with Crippen molar-refractivity contribution in [2.45, 2.75) is 317 Å². The number of carbonyl (C=O) groups is 7. The van der Waals surface area contributed by atoms with Gasteiger partial charge < -0.3 is 73.3 Å². The van der Waals surface area contributed by atoms with Gasteiger partial charge >= 0.3 is 41.8 Å². The fourth-order valence-electron chi connectivity index (χ4n) is 5.48. The summed E-state index contributed by atoms with van der Waals surface area (Å²) in [5.74, 6) is -0.301. The molecule has 0 saturated heterocycles. The Bertz CT molecular complexity index is 1670. The van der Waals surface area contributed by atoms with Crippen molar-refractivity contribution in [3.63, 3.8) is 0 Å². The van der Waals surface area contributed by atoms with E-state index < -0.39 is 42.3 Å². The first-order valence-corrected chi connectivity index (χ1v) is 31.2. The van der Waals surface area contributed by atoms with E-state index in [0.717, 1.165) is 38.5 Å². The number of ether oxygens (including phenoxy) is 7. The molecule has 13 atom stereocenters. The minimum absolute atomic E-state index is 0.0225. The summed E-state index contributed by atoms with van der Waals surface area (Å²) in [4.78, 5) is 78.3. The van der Waals surface area contributed by atoms with E-state index in [-0.39, 0.29) is 108 Å². The Morgan fingerprint density at radius 1 is 0.286 bits per heavy atom. The Labute approximate surface area is 512 Å². The number of carbonyl (C=O) groups excluding carboxylic acids is 7. The van der Waals surface area contributed by atoms with Gasteiger partial charge in [-0.1, -0.05) is 137 Å². The first-order chi connectivity index (χ1) is 38.5. The van der Waals surface area contributed by atoms with Gasteiger partial charge in [0.15, 0.2) is 0 Å². The zero-order chi connectivity index (χ0) is 67.9. The standard InChI is InChI=1S/2C10H21NO2.3C9H19NO2.2C8H17NO2/c1-5-8(4)13-10(12)9(11)6-7(2)3;1-5-7(3)9(11)10(12)13-8(4)6-2;1-6(2)5-8(10)9(11)12-7(3)4;1-5-7(4)8(10)9(11)12-6(2)3;1-5-7(4)12-9(11)8(10)6(2)3;1-5(2)7(9)8(10)11-6(3)4;1-4-6(3)7(9)8(10)11-5-2/h2*7-9H,5-6,11H2,1-4H3;3*6-8H,5,10H2,1-4H3;5-7H,9H2,1-4H3;6-7H,4-5,9H2,1-3H3/t8?,9-;7?,8?,9-;8-;2*7?,8-;7-;6?,7-/m0000000/s1. The predicted molar refractivity (Wildman–Crippen MR) is 341 cm³/mol. The normalized spacial score (nSPS) is 15.4. The van der Waals surface area contributed by atoms with Gasteiger partial charge in [0.25, 0.3) is 0 Å². The van der Waals surface area contributed by atoms with Crippen molar-refractivity contribution >= 4 is 41.8 Å². The molecule has 0 bridgehead atoms. The summed E-state index contributed by atoms with van der Waals surface area (Å²) >= 11 is 0. The molecule has 0 radical (unpaired) electrons. The quantitative estimate of drug-likeness (QED) is 0.0271. The highest BCUT2D eigenvalue weighted by molar-refractivity contribution is 5.78. The van der Waals surface area contributed by atoms with Gasteiger partial charge in [0.2, 0.25) is 0 Å². The second kappa shape index (κ2) is 55.6. The molecule has 0 saturated carbocycles. The molecule has 504 valence electrons. The van der Waals surface area contributed by atoms with Gasteiger partial charge in [-0.15, -0.1) is 0 Å². The molecule has 0 amide bonds. The molecule has 84 heavy (non-hydrogen) atoms. The average Bonchev–Trinajstić information content (AvgIpc) is 3.40. The summed E-state index contributed by atoms with van der Waals surface area (Å²) in [7, 11) is 0. The van der Waals surface area contributed by atoms with Crippen LogP contribution in [0.15, 0.2) is 0 Å². The van der Waals surface area contributed by atoms with Crippen LogP contribution in [0.25, 0.3) is 0 Å². The molecule has 21 nitrogen and oxygen atoms in total. The van der Waals surface area contributed by atoms with Crippen LogP contribution in [0.1, 0.15) is 238 Å². The minimum Gasteiger partial charge on any atom is -0.465 e. The lowest BCUT2D eigenvalue weighted by Crippen LogP contribution is -2.39. The van der Waals surface area contributed by atoms with Gasteiger partial charge in [0.1, 0.15) is 42.3 Å². The van der Waals surface area contributed by atoms with Gasteiger partial charge in [-0.25, -0.2) is 0 Å². The van der Waals surface area contributed by atoms with Crippen molar-refractivity contribution in [2.75, 3.05) is 6.61 Å². The largest absolute Gasteiger partial charge is 0.465 e. The van der Waals surface area contributed by atoms with Crippen molar-refractivity contribution < 1.29 is 66.7 Å². The van der Waals surface area contributed by atoms with Crippen LogP contribution in [-0.2, 0) is 66.7 Å². The molecule has 0 fully saturated rings. The zero-order valence-electron chi connectivity index (χ0n) is 58.2. The van der Waals surface area contributed by atoms with E-state index in [9.17, 15) is 33.6 Å². The van der Waals surface area contributed by atoms with Gasteiger partial charge in [-0.2, -0.15) is 0 Å². The fraction of sp³-hybridized carbons (Fsp3) is 0.889. The summed E-state index contributed by atoms with van der Waals surface area (Å²) in [6.07, 6.45) is 6.27. The minimum atomic E-state index is -0.489. The molecular weight excluding hydrogens is 1080 g/mol. The smallest absolute Gasteiger partial charge is 0.323 e. The van der Waals surface area contributed by atoms with Crippen molar-refractivity contribution in [1.29, 1.82) is 0 Å². The predicted octanol–water partition coefficient (Wildman–Crippen LogP) is 9.18. The molecule has 0 spiro atoms. The van der Waals surface area contributed by atoms with Crippen LogP contribution in [-0.4, -0.2) is 127 Å². The van der Waals surface area contributed by atoms with Crippen LogP contribution in [0.4, 0.5) is 0 Å². The maximum Gasteiger partial charge on any atom is 0.323 e. The van der Waals surface area contributed by atoms with Crippen LogP contribution in [0.3, 0.4) is 0 Å². The van der Waals surface area contributed by atoms with Crippen LogP contribution >= 0.6 is 0 Å². The van der Waals surface area contributed by atoms with E-state index in [2.05, 4.69) is 0 Å². The highest BCUT2D eigenvalue weighted by Crippen LogP contribution is 2.12. The fourth-order valence-corrected chi connectivity index (χ4v) is 5.48. The lowest BCUT2D eigenvalue weighted by molar-refractivity contribution is -0.152. The summed E-state index contributed by atoms with van der Waals surface area (Å²) in [6.45, 7) is 52.3. The van der Waals surface area contributed by atoms with Gasteiger partial charge in [-0.05, 0) is 143 Å². The first kappa shape index (κ1) is 93.7. The van der Waals surface area contributed by atoms with Gasteiger partial charge in [0.05, 0.1) is 43.2 Å². The van der Waals surface area contributed by atoms with Crippen molar-refractivity contribution in [3.8, 4) is 0 Å². The maximum atomic E-state index is 11.4. The lowest BCUT2D eigenvalue weighted by Gasteiger charge is -2.19. The third-order valence-electron chi connectivity index (χ3n) is 12.6. The van der Waals surface area contributed by atoms with E-state index in [4.69, 9.17) is 73.3 Å². The van der Waals surface area contributed by atoms with Crippen LogP contribution < -0.4 is 40.1 Å². The zero-order valence-corrected chi connectivity index (χ0v) is 58.2. The van der Waals surface area contributed by atoms with Crippen LogP contribution in [0.2, 0.25) is 0 Å². The van der Waals surface area contributed by atoms with E-state index in [1.807, 2.05) is 180 Å². The Morgan fingerprint density at radius 2 is 0.500 bits per heavy atom. The van der Waals surface area contributed by atoms with Crippen molar-refractivity contribution in [3.05, 3.63) is 0 Å². The Hall–Kier alpha value is -3.99. The lowest BCUT2D eigenvalue weighted by atomic mass is 10.0. The molecule has 0 aromatic rings. The summed E-state index contributed by atoms with van der Waals surface area (Å²) in [6, 6.07) is -3.31. The van der Waals surface area contributed by atoms with Gasteiger partial charge in [-0.3, -0.25) is 33.6 Å². The SMILES string of the molecule is CC(C)C[C@H](N)C(=O)OC(C)C.CC(C)OC(=O)[C@@H](N)C(C)C.CCC(C)OC(=O)[C@@H](N)C(C)C.CCC(C)OC(=O)[C@@H](N)C(C)CC.CCC(C)OC(=O)[C@@H](N)CC(C)C.CCC(C)[C@H](N)C(=O)OC(C)C.CCOC(=O)[C@@H](N)C(C)CC. The Morgan fingerprint density at radius 3 is 0.726 bits per heavy atom. The Balaban J connectivity index is -0.000000165. The number of hydrogen-bond donors (Lipinski definition) is 7. The monoisotopic (exact) mass is 1210 g/mol. The molecule has 14 N–H and O–H groups in total. The topological polar surface area (TPSA) is 366 Å². The average molecular weight is 1210 g/mol. The van der Waals surface area contributed by atoms with E-state index in [1.54, 1.807) is 6.92 Å². The molecule has 0 aromatic carbocycles. The molecule has 0 aliphatic heterocycles. The number of hydrogen-bond acceptors (Lipinski definition) is 21.